The van der Waals surface area contributed by atoms with E-state index in [9.17, 15) is 15.3 Å². The van der Waals surface area contributed by atoms with Crippen LogP contribution in [0, 0.1) is 0 Å². The molecule has 2 fully saturated rings. The molecule has 0 aromatic heterocycles. The van der Waals surface area contributed by atoms with Gasteiger partial charge < -0.3 is 20.1 Å². The van der Waals surface area contributed by atoms with Crippen molar-refractivity contribution < 1.29 is 20.1 Å². The fourth-order valence-corrected chi connectivity index (χ4v) is 3.35. The average Bonchev–Trinajstić information content (AvgIpc) is 2.70. The maximum absolute atomic E-state index is 10.8. The van der Waals surface area contributed by atoms with Gasteiger partial charge in [0.2, 0.25) is 0 Å². The SMILES string of the molecule is CC(C)=C/C=C1/C[C@@H]2O[C@@H](C(C)(C)O)C[C@@]2(O)[C@@H](Cl)[C@@H]1O. The normalized spacial score (nSPS) is 42.0. The monoisotopic (exact) mass is 316 g/mol. The smallest absolute Gasteiger partial charge is 0.113 e. The van der Waals surface area contributed by atoms with Crippen molar-refractivity contribution in [2.75, 3.05) is 0 Å². The van der Waals surface area contributed by atoms with Gasteiger partial charge in [-0.05, 0) is 33.3 Å². The van der Waals surface area contributed by atoms with E-state index >= 15 is 0 Å². The molecule has 3 N–H and O–H groups in total. The third-order valence-electron chi connectivity index (χ3n) is 4.37. The van der Waals surface area contributed by atoms with Gasteiger partial charge in [-0.25, -0.2) is 0 Å². The molecule has 0 spiro atoms. The second-order valence-corrected chi connectivity index (χ2v) is 7.47. The number of aliphatic hydroxyl groups is 3. The maximum atomic E-state index is 10.8. The van der Waals surface area contributed by atoms with Crippen LogP contribution in [0.4, 0.5) is 0 Å². The van der Waals surface area contributed by atoms with Crippen LogP contribution >= 0.6 is 11.6 Å². The second kappa shape index (κ2) is 5.67. The topological polar surface area (TPSA) is 69.9 Å². The third kappa shape index (κ3) is 3.20. The molecule has 1 saturated carbocycles. The highest BCUT2D eigenvalue weighted by molar-refractivity contribution is 6.22. The van der Waals surface area contributed by atoms with E-state index in [4.69, 9.17) is 16.3 Å². The Morgan fingerprint density at radius 1 is 1.43 bits per heavy atom. The Labute approximate surface area is 131 Å². The number of fused-ring (bicyclic) bond motifs is 1. The first kappa shape index (κ1) is 17.0. The first-order valence-corrected chi connectivity index (χ1v) is 7.75. The summed E-state index contributed by atoms with van der Waals surface area (Å²) in [6.45, 7) is 7.24. The molecule has 5 atom stereocenters. The minimum atomic E-state index is -1.31. The van der Waals surface area contributed by atoms with E-state index in [-0.39, 0.29) is 6.42 Å². The Morgan fingerprint density at radius 2 is 2.05 bits per heavy atom. The molecule has 0 unspecified atom stereocenters. The van der Waals surface area contributed by atoms with Gasteiger partial charge in [0.15, 0.2) is 0 Å². The summed E-state index contributed by atoms with van der Waals surface area (Å²) in [5, 5.41) is 30.4. The molecule has 21 heavy (non-hydrogen) atoms. The molecule has 0 bridgehead atoms. The molecule has 5 heteroatoms. The molecule has 0 aromatic carbocycles. The highest BCUT2D eigenvalue weighted by atomic mass is 35.5. The zero-order valence-corrected chi connectivity index (χ0v) is 13.8. The Kier molecular flexibility index (Phi) is 4.58. The third-order valence-corrected chi connectivity index (χ3v) is 4.99. The number of halogens is 1. The van der Waals surface area contributed by atoms with Gasteiger partial charge in [-0.3, -0.25) is 0 Å². The Morgan fingerprint density at radius 3 is 2.57 bits per heavy atom. The summed E-state index contributed by atoms with van der Waals surface area (Å²) in [7, 11) is 0. The molecule has 1 aliphatic heterocycles. The first-order chi connectivity index (χ1) is 9.55. The molecule has 4 nitrogen and oxygen atoms in total. The fourth-order valence-electron chi connectivity index (χ4n) is 2.96. The van der Waals surface area contributed by atoms with Gasteiger partial charge in [-0.15, -0.1) is 11.6 Å². The molecule has 1 aliphatic carbocycles. The lowest BCUT2D eigenvalue weighted by atomic mass is 9.75. The van der Waals surface area contributed by atoms with Crippen LogP contribution in [0.2, 0.25) is 0 Å². The molecule has 1 saturated heterocycles. The van der Waals surface area contributed by atoms with E-state index in [0.717, 1.165) is 11.1 Å². The predicted molar refractivity (Wildman–Crippen MR) is 82.3 cm³/mol. The van der Waals surface area contributed by atoms with Crippen LogP contribution in [0.5, 0.6) is 0 Å². The number of allylic oxidation sites excluding steroid dienone is 3. The molecule has 0 amide bonds. The van der Waals surface area contributed by atoms with Crippen LogP contribution in [-0.2, 0) is 4.74 Å². The van der Waals surface area contributed by atoms with Gasteiger partial charge in [0.1, 0.15) is 5.60 Å². The van der Waals surface area contributed by atoms with E-state index < -0.39 is 34.9 Å². The van der Waals surface area contributed by atoms with Gasteiger partial charge >= 0.3 is 0 Å². The van der Waals surface area contributed by atoms with E-state index in [2.05, 4.69) is 0 Å². The number of rotatable bonds is 2. The Balaban J connectivity index is 2.27. The Hall–Kier alpha value is -0.390. The number of alkyl halides is 1. The summed E-state index contributed by atoms with van der Waals surface area (Å²) >= 11 is 6.31. The van der Waals surface area contributed by atoms with Crippen molar-refractivity contribution in [2.24, 2.45) is 0 Å². The van der Waals surface area contributed by atoms with Gasteiger partial charge in [-0.1, -0.05) is 17.7 Å². The fraction of sp³-hybridized carbons (Fsp3) is 0.750. The number of hydrogen-bond acceptors (Lipinski definition) is 4. The van der Waals surface area contributed by atoms with E-state index in [0.29, 0.717) is 6.42 Å². The summed E-state index contributed by atoms with van der Waals surface area (Å²) in [6, 6.07) is 0. The van der Waals surface area contributed by atoms with Crippen molar-refractivity contribution in [1.82, 2.24) is 0 Å². The van der Waals surface area contributed by atoms with E-state index in [1.165, 1.54) is 0 Å². The van der Waals surface area contributed by atoms with Crippen LogP contribution in [0.3, 0.4) is 0 Å². The van der Waals surface area contributed by atoms with Crippen molar-refractivity contribution in [3.8, 4) is 0 Å². The first-order valence-electron chi connectivity index (χ1n) is 7.32. The Bertz CT molecular complexity index is 461. The van der Waals surface area contributed by atoms with Crippen molar-refractivity contribution in [3.05, 3.63) is 23.3 Å². The number of aliphatic hydroxyl groups excluding tert-OH is 1. The predicted octanol–water partition coefficient (Wildman–Crippen LogP) is 1.91. The van der Waals surface area contributed by atoms with Crippen LogP contribution < -0.4 is 0 Å². The standard InChI is InChI=1S/C16H25ClO4/c1-9(2)5-6-10-7-11-16(20,14(17)13(10)18)8-12(21-11)15(3,4)19/h5-6,11-14,18-20H,7-8H2,1-4H3/b10-6-/t11-,12+,13+,14-,16-/m0/s1. The quantitative estimate of drug-likeness (QED) is 0.681. The van der Waals surface area contributed by atoms with Crippen molar-refractivity contribution in [2.45, 2.75) is 75.4 Å². The molecule has 120 valence electrons. The highest BCUT2D eigenvalue weighted by Gasteiger charge is 2.59. The minimum Gasteiger partial charge on any atom is -0.388 e. The van der Waals surface area contributed by atoms with Gasteiger partial charge in [0, 0.05) is 12.8 Å². The van der Waals surface area contributed by atoms with Crippen molar-refractivity contribution >= 4 is 11.6 Å². The van der Waals surface area contributed by atoms with Gasteiger partial charge in [0.05, 0.1) is 29.3 Å². The van der Waals surface area contributed by atoms with E-state index in [1.807, 2.05) is 26.0 Å². The summed E-state index contributed by atoms with van der Waals surface area (Å²) in [5.74, 6) is 0. The zero-order valence-electron chi connectivity index (χ0n) is 13.0. The summed E-state index contributed by atoms with van der Waals surface area (Å²) < 4.78 is 5.83. The van der Waals surface area contributed by atoms with Crippen LogP contribution in [0.15, 0.2) is 23.3 Å². The second-order valence-electron chi connectivity index (χ2n) is 7.00. The van der Waals surface area contributed by atoms with Crippen LogP contribution in [0.25, 0.3) is 0 Å². The maximum Gasteiger partial charge on any atom is 0.113 e. The lowest BCUT2D eigenvalue weighted by Crippen LogP contribution is -2.56. The zero-order chi connectivity index (χ0) is 16.0. The van der Waals surface area contributed by atoms with Crippen molar-refractivity contribution in [1.29, 1.82) is 0 Å². The number of ether oxygens (including phenoxy) is 1. The molecule has 2 aliphatic rings. The van der Waals surface area contributed by atoms with Crippen LogP contribution in [-0.4, -0.2) is 50.2 Å². The van der Waals surface area contributed by atoms with Crippen LogP contribution in [0.1, 0.15) is 40.5 Å². The largest absolute Gasteiger partial charge is 0.388 e. The molecule has 0 aromatic rings. The van der Waals surface area contributed by atoms with Gasteiger partial charge in [0.25, 0.3) is 0 Å². The summed E-state index contributed by atoms with van der Waals surface area (Å²) in [5.41, 5.74) is -0.502. The molecular formula is C16H25ClO4. The average molecular weight is 317 g/mol. The highest BCUT2D eigenvalue weighted by Crippen LogP contribution is 2.47. The van der Waals surface area contributed by atoms with E-state index in [1.54, 1.807) is 13.8 Å². The summed E-state index contributed by atoms with van der Waals surface area (Å²) in [4.78, 5) is 0. The number of hydrogen-bond donors (Lipinski definition) is 3. The lowest BCUT2D eigenvalue weighted by Gasteiger charge is -2.41. The molecular weight excluding hydrogens is 292 g/mol. The lowest BCUT2D eigenvalue weighted by molar-refractivity contribution is -0.108. The summed E-state index contributed by atoms with van der Waals surface area (Å²) in [6.07, 6.45) is 2.48. The molecule has 2 rings (SSSR count). The minimum absolute atomic E-state index is 0.225. The molecule has 0 radical (unpaired) electrons. The van der Waals surface area contributed by atoms with Crippen molar-refractivity contribution in [3.63, 3.8) is 0 Å². The van der Waals surface area contributed by atoms with Gasteiger partial charge in [-0.2, -0.15) is 0 Å². The molecule has 1 heterocycles.